The van der Waals surface area contributed by atoms with Crippen LogP contribution in [0.4, 0.5) is 0 Å². The second kappa shape index (κ2) is 5.54. The topological polar surface area (TPSA) is 46.8 Å². The summed E-state index contributed by atoms with van der Waals surface area (Å²) in [5.74, 6) is 0. The van der Waals surface area contributed by atoms with Crippen molar-refractivity contribution in [3.05, 3.63) is 34.9 Å². The first-order chi connectivity index (χ1) is 9.65. The van der Waals surface area contributed by atoms with Crippen molar-refractivity contribution in [1.29, 1.82) is 0 Å². The quantitative estimate of drug-likeness (QED) is 0.637. The highest BCUT2D eigenvalue weighted by Gasteiger charge is 2.19. The van der Waals surface area contributed by atoms with Gasteiger partial charge in [0.05, 0.1) is 11.4 Å². The molecule has 1 aliphatic heterocycles. The van der Waals surface area contributed by atoms with Crippen molar-refractivity contribution in [2.75, 3.05) is 12.8 Å². The highest BCUT2D eigenvalue weighted by molar-refractivity contribution is 7.98. The summed E-state index contributed by atoms with van der Waals surface area (Å²) >= 11 is 1.60. The van der Waals surface area contributed by atoms with E-state index in [2.05, 4.69) is 33.0 Å². The molecule has 0 atom stereocenters. The number of hydrogen-bond acceptors (Lipinski definition) is 5. The molecule has 2 aromatic rings. The van der Waals surface area contributed by atoms with Crippen LogP contribution < -0.4 is 0 Å². The molecule has 0 aromatic carbocycles. The second-order valence-corrected chi connectivity index (χ2v) is 5.96. The summed E-state index contributed by atoms with van der Waals surface area (Å²) in [6, 6.07) is 2.16. The average molecular weight is 289 g/mol. The van der Waals surface area contributed by atoms with E-state index in [1.165, 1.54) is 17.0 Å². The SMILES string of the molecule is CSc1ncc2c(n1)CCN(Cc1cc(C)n(C)n1)C2. The minimum absolute atomic E-state index is 0.873. The van der Waals surface area contributed by atoms with Gasteiger partial charge in [-0.3, -0.25) is 9.58 Å². The lowest BCUT2D eigenvalue weighted by molar-refractivity contribution is 0.238. The molecule has 20 heavy (non-hydrogen) atoms. The maximum Gasteiger partial charge on any atom is 0.187 e. The highest BCUT2D eigenvalue weighted by atomic mass is 32.2. The van der Waals surface area contributed by atoms with E-state index in [0.717, 1.165) is 36.9 Å². The number of fused-ring (bicyclic) bond motifs is 1. The van der Waals surface area contributed by atoms with Crippen molar-refractivity contribution < 1.29 is 0 Å². The Morgan fingerprint density at radius 3 is 2.95 bits per heavy atom. The lowest BCUT2D eigenvalue weighted by Gasteiger charge is -2.27. The molecule has 0 aliphatic carbocycles. The molecule has 0 saturated carbocycles. The molecule has 0 amide bonds. The van der Waals surface area contributed by atoms with Gasteiger partial charge in [0, 0.05) is 50.6 Å². The summed E-state index contributed by atoms with van der Waals surface area (Å²) in [6.07, 6.45) is 4.99. The number of thioether (sulfide) groups is 1. The van der Waals surface area contributed by atoms with Crippen molar-refractivity contribution in [3.8, 4) is 0 Å². The van der Waals surface area contributed by atoms with Gasteiger partial charge in [-0.05, 0) is 19.2 Å². The Labute approximate surface area is 123 Å². The molecule has 6 heteroatoms. The maximum atomic E-state index is 4.60. The molecule has 1 aliphatic rings. The fraction of sp³-hybridized carbons (Fsp3) is 0.500. The fourth-order valence-electron chi connectivity index (χ4n) is 2.53. The number of rotatable bonds is 3. The monoisotopic (exact) mass is 289 g/mol. The first-order valence-electron chi connectivity index (χ1n) is 6.76. The smallest absolute Gasteiger partial charge is 0.187 e. The van der Waals surface area contributed by atoms with E-state index in [1.54, 1.807) is 11.8 Å². The lowest BCUT2D eigenvalue weighted by atomic mass is 10.1. The zero-order chi connectivity index (χ0) is 14.1. The summed E-state index contributed by atoms with van der Waals surface area (Å²) in [4.78, 5) is 11.4. The molecule has 3 heterocycles. The Hall–Kier alpha value is -1.40. The van der Waals surface area contributed by atoms with Gasteiger partial charge in [0.15, 0.2) is 5.16 Å². The number of aryl methyl sites for hydroxylation is 2. The van der Waals surface area contributed by atoms with Crippen molar-refractivity contribution in [2.24, 2.45) is 7.05 Å². The van der Waals surface area contributed by atoms with E-state index in [4.69, 9.17) is 0 Å². The predicted molar refractivity (Wildman–Crippen MR) is 79.6 cm³/mol. The average Bonchev–Trinajstić information content (AvgIpc) is 2.76. The zero-order valence-electron chi connectivity index (χ0n) is 12.1. The van der Waals surface area contributed by atoms with Gasteiger partial charge < -0.3 is 0 Å². The minimum atomic E-state index is 0.873. The molecule has 0 unspecified atom stereocenters. The van der Waals surface area contributed by atoms with Crippen LogP contribution in [-0.4, -0.2) is 37.4 Å². The van der Waals surface area contributed by atoms with Crippen LogP contribution in [0, 0.1) is 6.92 Å². The van der Waals surface area contributed by atoms with Gasteiger partial charge in [-0.25, -0.2) is 9.97 Å². The summed E-state index contributed by atoms with van der Waals surface area (Å²) in [5, 5.41) is 5.40. The Morgan fingerprint density at radius 2 is 2.25 bits per heavy atom. The number of aromatic nitrogens is 4. The van der Waals surface area contributed by atoms with E-state index < -0.39 is 0 Å². The van der Waals surface area contributed by atoms with E-state index in [9.17, 15) is 0 Å². The molecule has 0 spiro atoms. The van der Waals surface area contributed by atoms with E-state index in [1.807, 2.05) is 24.2 Å². The molecule has 0 saturated heterocycles. The van der Waals surface area contributed by atoms with Crippen LogP contribution >= 0.6 is 11.8 Å². The fourth-order valence-corrected chi connectivity index (χ4v) is 2.89. The van der Waals surface area contributed by atoms with Crippen molar-refractivity contribution in [1.82, 2.24) is 24.6 Å². The van der Waals surface area contributed by atoms with Crippen molar-refractivity contribution >= 4 is 11.8 Å². The Morgan fingerprint density at radius 1 is 1.40 bits per heavy atom. The van der Waals surface area contributed by atoms with Gasteiger partial charge in [-0.1, -0.05) is 11.8 Å². The second-order valence-electron chi connectivity index (χ2n) is 5.19. The molecular weight excluding hydrogens is 270 g/mol. The Balaban J connectivity index is 1.72. The van der Waals surface area contributed by atoms with Gasteiger partial charge in [-0.15, -0.1) is 0 Å². The summed E-state index contributed by atoms with van der Waals surface area (Å²) in [6.45, 7) is 4.93. The standard InChI is InChI=1S/C14H19N5S/c1-10-6-12(17-18(10)2)9-19-5-4-13-11(8-19)7-15-14(16-13)20-3/h6-7H,4-5,8-9H2,1-3H3. The van der Waals surface area contributed by atoms with Crippen molar-refractivity contribution in [3.63, 3.8) is 0 Å². The van der Waals surface area contributed by atoms with E-state index >= 15 is 0 Å². The van der Waals surface area contributed by atoms with Crippen LogP contribution in [0.3, 0.4) is 0 Å². The first kappa shape index (κ1) is 13.6. The molecule has 0 radical (unpaired) electrons. The largest absolute Gasteiger partial charge is 0.293 e. The molecular formula is C14H19N5S. The Bertz CT molecular complexity index is 603. The molecule has 3 rings (SSSR count). The van der Waals surface area contributed by atoms with Gasteiger partial charge in [-0.2, -0.15) is 5.10 Å². The lowest BCUT2D eigenvalue weighted by Crippen LogP contribution is -2.31. The van der Waals surface area contributed by atoms with Gasteiger partial charge in [0.1, 0.15) is 0 Å². The normalized spacial score (nSPS) is 15.3. The minimum Gasteiger partial charge on any atom is -0.293 e. The van der Waals surface area contributed by atoms with Gasteiger partial charge in [0.25, 0.3) is 0 Å². The van der Waals surface area contributed by atoms with Gasteiger partial charge >= 0.3 is 0 Å². The van der Waals surface area contributed by atoms with Crippen molar-refractivity contribution in [2.45, 2.75) is 31.6 Å². The van der Waals surface area contributed by atoms with Crippen LogP contribution in [0.1, 0.15) is 22.6 Å². The zero-order valence-corrected chi connectivity index (χ0v) is 12.9. The molecule has 0 N–H and O–H groups in total. The molecule has 2 aromatic heterocycles. The molecule has 106 valence electrons. The third-order valence-corrected chi connectivity index (χ3v) is 4.29. The first-order valence-corrected chi connectivity index (χ1v) is 7.99. The van der Waals surface area contributed by atoms with Crippen LogP contribution in [0.2, 0.25) is 0 Å². The maximum absolute atomic E-state index is 4.60. The van der Waals surface area contributed by atoms with Crippen LogP contribution in [0.25, 0.3) is 0 Å². The molecule has 0 bridgehead atoms. The van der Waals surface area contributed by atoms with Gasteiger partial charge in [0.2, 0.25) is 0 Å². The number of hydrogen-bond donors (Lipinski definition) is 0. The third kappa shape index (κ3) is 2.71. The summed E-state index contributed by atoms with van der Waals surface area (Å²) in [5.41, 5.74) is 4.79. The molecule has 5 nitrogen and oxygen atoms in total. The van der Waals surface area contributed by atoms with E-state index in [0.29, 0.717) is 0 Å². The highest BCUT2D eigenvalue weighted by Crippen LogP contribution is 2.20. The predicted octanol–water partition coefficient (Wildman–Crippen LogP) is 1.80. The summed E-state index contributed by atoms with van der Waals surface area (Å²) < 4.78 is 1.93. The van der Waals surface area contributed by atoms with Crippen LogP contribution in [0.5, 0.6) is 0 Å². The molecule has 0 fully saturated rings. The Kier molecular flexibility index (Phi) is 3.76. The third-order valence-electron chi connectivity index (χ3n) is 3.72. The summed E-state index contributed by atoms with van der Waals surface area (Å²) in [7, 11) is 1.99. The van der Waals surface area contributed by atoms with Crippen LogP contribution in [-0.2, 0) is 26.6 Å². The van der Waals surface area contributed by atoms with Crippen LogP contribution in [0.15, 0.2) is 17.4 Å². The van der Waals surface area contributed by atoms with E-state index in [-0.39, 0.29) is 0 Å². The number of nitrogens with zero attached hydrogens (tertiary/aromatic N) is 5.